The van der Waals surface area contributed by atoms with Gasteiger partial charge >= 0.3 is 11.9 Å². The molecule has 0 aromatic rings. The molecule has 0 aliphatic carbocycles. The third-order valence-electron chi connectivity index (χ3n) is 7.41. The van der Waals surface area contributed by atoms with E-state index in [4.69, 9.17) is 9.84 Å². The summed E-state index contributed by atoms with van der Waals surface area (Å²) in [4.78, 5) is 34.8. The molecule has 1 amide bonds. The normalized spacial score (nSPS) is 12.8. The number of aliphatic carboxylic acids is 1. The topological polar surface area (TPSA) is 92.7 Å². The van der Waals surface area contributed by atoms with Crippen molar-refractivity contribution in [1.29, 1.82) is 0 Å². The van der Waals surface area contributed by atoms with E-state index in [1.54, 1.807) is 0 Å². The molecule has 45 heavy (non-hydrogen) atoms. The Bertz CT molecular complexity index is 871. The zero-order valence-electron chi connectivity index (χ0n) is 28.7. The highest BCUT2D eigenvalue weighted by molar-refractivity contribution is 5.80. The molecule has 0 saturated heterocycles. The Labute approximate surface area is 275 Å². The average Bonchev–Trinajstić information content (AvgIpc) is 3.02. The second-order valence-electron chi connectivity index (χ2n) is 11.7. The molecule has 0 radical (unpaired) electrons. The van der Waals surface area contributed by atoms with Gasteiger partial charge in [-0.1, -0.05) is 120 Å². The maximum atomic E-state index is 12.6. The van der Waals surface area contributed by atoms with E-state index in [1.165, 1.54) is 44.9 Å². The Morgan fingerprint density at radius 2 is 1.16 bits per heavy atom. The number of rotatable bonds is 31. The first-order chi connectivity index (χ1) is 22.0. The summed E-state index contributed by atoms with van der Waals surface area (Å²) in [7, 11) is 0. The zero-order chi connectivity index (χ0) is 33.1. The minimum Gasteiger partial charge on any atom is -0.480 e. The number of carbonyl (C=O) groups is 3. The highest BCUT2D eigenvalue weighted by Gasteiger charge is 2.11. The highest BCUT2D eigenvalue weighted by atomic mass is 16.5. The van der Waals surface area contributed by atoms with Crippen LogP contribution in [0.2, 0.25) is 0 Å². The minimum absolute atomic E-state index is 0.124. The van der Waals surface area contributed by atoms with E-state index in [2.05, 4.69) is 79.9 Å². The quantitative estimate of drug-likeness (QED) is 0.0453. The van der Waals surface area contributed by atoms with E-state index in [9.17, 15) is 14.4 Å². The summed E-state index contributed by atoms with van der Waals surface area (Å²) in [5, 5.41) is 11.0. The van der Waals surface area contributed by atoms with Crippen LogP contribution < -0.4 is 5.32 Å². The molecule has 2 N–H and O–H groups in total. The van der Waals surface area contributed by atoms with Gasteiger partial charge in [-0.25, -0.2) is 0 Å². The molecule has 0 saturated carbocycles. The Morgan fingerprint density at radius 1 is 0.622 bits per heavy atom. The largest absolute Gasteiger partial charge is 0.480 e. The maximum Gasteiger partial charge on any atom is 0.322 e. The minimum atomic E-state index is -1.03. The molecule has 0 heterocycles. The first-order valence-electron chi connectivity index (χ1n) is 17.9. The van der Waals surface area contributed by atoms with Gasteiger partial charge in [0, 0.05) is 12.8 Å². The molecule has 1 atom stereocenters. The number of esters is 1. The third kappa shape index (κ3) is 33.8. The summed E-state index contributed by atoms with van der Waals surface area (Å²) in [5.41, 5.74) is 0. The van der Waals surface area contributed by atoms with Gasteiger partial charge in [0.2, 0.25) is 5.91 Å². The van der Waals surface area contributed by atoms with Crippen molar-refractivity contribution in [2.24, 2.45) is 0 Å². The van der Waals surface area contributed by atoms with Gasteiger partial charge < -0.3 is 15.2 Å². The second kappa shape index (κ2) is 34.0. The molecule has 0 rings (SSSR count). The lowest BCUT2D eigenvalue weighted by Gasteiger charge is -2.15. The fourth-order valence-corrected chi connectivity index (χ4v) is 4.77. The van der Waals surface area contributed by atoms with Crippen LogP contribution in [0.25, 0.3) is 0 Å². The van der Waals surface area contributed by atoms with Crippen LogP contribution in [0.15, 0.2) is 60.8 Å². The van der Waals surface area contributed by atoms with Gasteiger partial charge in [-0.3, -0.25) is 14.4 Å². The van der Waals surface area contributed by atoms with Crippen molar-refractivity contribution in [3.63, 3.8) is 0 Å². The first-order valence-corrected chi connectivity index (χ1v) is 17.9. The molecular weight excluding hydrogens is 562 g/mol. The fourth-order valence-electron chi connectivity index (χ4n) is 4.77. The van der Waals surface area contributed by atoms with E-state index in [0.29, 0.717) is 12.8 Å². The van der Waals surface area contributed by atoms with Crippen molar-refractivity contribution < 1.29 is 24.2 Å². The fraction of sp³-hybridized carbons (Fsp3) is 0.667. The average molecular weight is 628 g/mol. The smallest absolute Gasteiger partial charge is 0.322 e. The molecule has 0 aromatic heterocycles. The number of hydrogen-bond donors (Lipinski definition) is 2. The lowest BCUT2D eigenvalue weighted by Crippen LogP contribution is -2.28. The van der Waals surface area contributed by atoms with Crippen molar-refractivity contribution in [3.05, 3.63) is 60.8 Å². The van der Waals surface area contributed by atoms with Crippen LogP contribution >= 0.6 is 0 Å². The number of hydrogen-bond acceptors (Lipinski definition) is 4. The van der Waals surface area contributed by atoms with Crippen LogP contribution in [-0.2, 0) is 19.1 Å². The summed E-state index contributed by atoms with van der Waals surface area (Å²) >= 11 is 0. The number of carboxylic acids is 1. The summed E-state index contributed by atoms with van der Waals surface area (Å²) in [6.07, 6.45) is 43.4. The lowest BCUT2D eigenvalue weighted by molar-refractivity contribution is -0.147. The SMILES string of the molecule is CC/C=C\C/C=C\C/C=C\C/C=C\CCCCC(=O)OC(/C=C\CCCCCCCCC)CCCCCCC(=O)NCC(=O)O. The summed E-state index contributed by atoms with van der Waals surface area (Å²) in [6.45, 7) is 4.06. The first kappa shape index (κ1) is 42.1. The van der Waals surface area contributed by atoms with Crippen LogP contribution in [0.3, 0.4) is 0 Å². The van der Waals surface area contributed by atoms with Crippen molar-refractivity contribution >= 4 is 17.8 Å². The molecule has 0 bridgehead atoms. The van der Waals surface area contributed by atoms with Crippen LogP contribution in [0.1, 0.15) is 155 Å². The van der Waals surface area contributed by atoms with Crippen LogP contribution in [0.5, 0.6) is 0 Å². The zero-order valence-corrected chi connectivity index (χ0v) is 28.7. The van der Waals surface area contributed by atoms with Crippen molar-refractivity contribution in [1.82, 2.24) is 5.32 Å². The summed E-state index contributed by atoms with van der Waals surface area (Å²) < 4.78 is 5.86. The number of carbonyl (C=O) groups excluding carboxylic acids is 2. The molecule has 0 aliphatic heterocycles. The van der Waals surface area contributed by atoms with Gasteiger partial charge in [0.05, 0.1) is 0 Å². The van der Waals surface area contributed by atoms with Gasteiger partial charge in [-0.15, -0.1) is 0 Å². The molecule has 0 aliphatic rings. The number of nitrogens with one attached hydrogen (secondary N) is 1. The lowest BCUT2D eigenvalue weighted by atomic mass is 10.1. The summed E-state index contributed by atoms with van der Waals surface area (Å²) in [5.74, 6) is -1.38. The van der Waals surface area contributed by atoms with E-state index >= 15 is 0 Å². The van der Waals surface area contributed by atoms with E-state index < -0.39 is 5.97 Å². The number of ether oxygens (including phenoxy) is 1. The highest BCUT2D eigenvalue weighted by Crippen LogP contribution is 2.14. The maximum absolute atomic E-state index is 12.6. The van der Waals surface area contributed by atoms with Crippen LogP contribution in [0.4, 0.5) is 0 Å². The summed E-state index contributed by atoms with van der Waals surface area (Å²) in [6, 6.07) is 0. The van der Waals surface area contributed by atoms with E-state index in [1.807, 2.05) is 0 Å². The van der Waals surface area contributed by atoms with Gasteiger partial charge in [0.1, 0.15) is 12.6 Å². The second-order valence-corrected chi connectivity index (χ2v) is 11.7. The number of amides is 1. The number of allylic oxidation sites excluding steroid dienone is 9. The molecule has 0 fully saturated rings. The predicted octanol–water partition coefficient (Wildman–Crippen LogP) is 10.5. The van der Waals surface area contributed by atoms with Gasteiger partial charge in [0.15, 0.2) is 0 Å². The van der Waals surface area contributed by atoms with Gasteiger partial charge in [0.25, 0.3) is 0 Å². The molecule has 0 spiro atoms. The Kier molecular flexibility index (Phi) is 31.8. The molecule has 256 valence electrons. The van der Waals surface area contributed by atoms with Crippen LogP contribution in [0, 0.1) is 0 Å². The van der Waals surface area contributed by atoms with Crippen LogP contribution in [-0.4, -0.2) is 35.6 Å². The number of carboxylic acid groups (broad SMARTS) is 1. The monoisotopic (exact) mass is 627 g/mol. The standard InChI is InChI=1S/C39H65NO5/c1-3-5-7-9-11-13-14-15-16-17-18-20-22-24-30-34-39(44)45-36(31-27-23-21-19-12-10-8-6-4-2)32-28-25-26-29-33-37(41)40-35-38(42)43/h5,7,11,13,15-16,18,20,27,31,36H,3-4,6,8-10,12,14,17,19,21-26,28-30,32-35H2,1-2H3,(H,40,41)(H,42,43)/b7-5-,13-11-,16-15-,20-18-,31-27-. The Morgan fingerprint density at radius 3 is 1.82 bits per heavy atom. The Balaban J connectivity index is 4.31. The van der Waals surface area contributed by atoms with Crippen molar-refractivity contribution in [3.8, 4) is 0 Å². The molecule has 0 aromatic carbocycles. The van der Waals surface area contributed by atoms with E-state index in [-0.39, 0.29) is 24.5 Å². The molecule has 6 nitrogen and oxygen atoms in total. The van der Waals surface area contributed by atoms with Gasteiger partial charge in [-0.2, -0.15) is 0 Å². The molecule has 6 heteroatoms. The predicted molar refractivity (Wildman–Crippen MR) is 189 cm³/mol. The number of unbranched alkanes of at least 4 members (excludes halogenated alkanes) is 12. The molecular formula is C39H65NO5. The van der Waals surface area contributed by atoms with E-state index in [0.717, 1.165) is 83.5 Å². The third-order valence-corrected chi connectivity index (χ3v) is 7.41. The van der Waals surface area contributed by atoms with Gasteiger partial charge in [-0.05, 0) is 83.1 Å². The molecule has 1 unspecified atom stereocenters. The van der Waals surface area contributed by atoms with Crippen molar-refractivity contribution in [2.45, 2.75) is 161 Å². The van der Waals surface area contributed by atoms with Crippen molar-refractivity contribution in [2.75, 3.05) is 6.54 Å². The Hall–Kier alpha value is -2.89.